The molecule has 21 heavy (non-hydrogen) atoms. The van der Waals surface area contributed by atoms with Crippen LogP contribution in [0.3, 0.4) is 0 Å². The van der Waals surface area contributed by atoms with Crippen molar-refractivity contribution in [3.05, 3.63) is 35.4 Å². The van der Waals surface area contributed by atoms with Crippen molar-refractivity contribution < 1.29 is 9.47 Å². The molecule has 2 aromatic rings. The Morgan fingerprint density at radius 2 is 2.10 bits per heavy atom. The number of pyridine rings is 1. The number of methoxy groups -OCH3 is 1. The summed E-state index contributed by atoms with van der Waals surface area (Å²) in [6, 6.07) is 8.94. The Morgan fingerprint density at radius 3 is 2.81 bits per heavy atom. The summed E-state index contributed by atoms with van der Waals surface area (Å²) in [5.41, 5.74) is 7.17. The Balaban J connectivity index is 2.19. The molecule has 1 heterocycles. The van der Waals surface area contributed by atoms with E-state index in [-0.39, 0.29) is 0 Å². The first-order valence-electron chi connectivity index (χ1n) is 6.64. The molecule has 0 aliphatic rings. The van der Waals surface area contributed by atoms with E-state index in [4.69, 9.17) is 26.8 Å². The lowest BCUT2D eigenvalue weighted by Gasteiger charge is -2.11. The molecule has 0 amide bonds. The first-order chi connectivity index (χ1) is 10.1. The first kappa shape index (κ1) is 15.3. The van der Waals surface area contributed by atoms with Crippen LogP contribution in [0.25, 0.3) is 0 Å². The fraction of sp³-hybridized carbons (Fsp3) is 0.267. The highest BCUT2D eigenvalue weighted by atomic mass is 35.5. The van der Waals surface area contributed by atoms with Crippen molar-refractivity contribution in [3.8, 4) is 11.6 Å². The molecule has 0 fully saturated rings. The van der Waals surface area contributed by atoms with Crippen LogP contribution in [-0.4, -0.2) is 18.7 Å². The van der Waals surface area contributed by atoms with E-state index in [1.54, 1.807) is 31.4 Å². The summed E-state index contributed by atoms with van der Waals surface area (Å²) in [5.74, 6) is 1.67. The maximum Gasteiger partial charge on any atom is 0.239 e. The van der Waals surface area contributed by atoms with Gasteiger partial charge in [-0.15, -0.1) is 0 Å². The third-order valence-electron chi connectivity index (χ3n) is 2.76. The molecule has 112 valence electrons. The summed E-state index contributed by atoms with van der Waals surface area (Å²) in [7, 11) is 1.57. The summed E-state index contributed by atoms with van der Waals surface area (Å²) >= 11 is 6.00. The van der Waals surface area contributed by atoms with Gasteiger partial charge >= 0.3 is 0 Å². The van der Waals surface area contributed by atoms with Gasteiger partial charge in [-0.05, 0) is 30.7 Å². The van der Waals surface area contributed by atoms with E-state index in [1.807, 2.05) is 13.0 Å². The standard InChI is InChI=1S/C15H18ClN3O2/c1-3-8-21-15-12(17)6-7-14(19-15)18-10-4-5-11(16)13(9-10)20-2/h4-7,9H,3,8,17H2,1-2H3,(H,18,19). The van der Waals surface area contributed by atoms with Crippen LogP contribution >= 0.6 is 11.6 Å². The zero-order chi connectivity index (χ0) is 15.2. The van der Waals surface area contributed by atoms with Crippen molar-refractivity contribution in [3.63, 3.8) is 0 Å². The number of nitrogens with two attached hydrogens (primary N) is 1. The Kier molecular flexibility index (Phi) is 5.11. The highest BCUT2D eigenvalue weighted by Gasteiger charge is 2.06. The van der Waals surface area contributed by atoms with Crippen LogP contribution in [0.15, 0.2) is 30.3 Å². The molecule has 6 heteroatoms. The Labute approximate surface area is 129 Å². The molecule has 0 saturated carbocycles. The highest BCUT2D eigenvalue weighted by Crippen LogP contribution is 2.29. The lowest BCUT2D eigenvalue weighted by atomic mass is 10.3. The van der Waals surface area contributed by atoms with Crippen LogP contribution in [0, 0.1) is 0 Å². The minimum atomic E-state index is 0.433. The Morgan fingerprint density at radius 1 is 1.29 bits per heavy atom. The van der Waals surface area contributed by atoms with Crippen molar-refractivity contribution in [2.45, 2.75) is 13.3 Å². The SMILES string of the molecule is CCCOc1nc(Nc2ccc(Cl)c(OC)c2)ccc1N. The number of benzene rings is 1. The van der Waals surface area contributed by atoms with E-state index in [0.29, 0.717) is 34.8 Å². The van der Waals surface area contributed by atoms with Gasteiger partial charge < -0.3 is 20.5 Å². The number of aromatic nitrogens is 1. The summed E-state index contributed by atoms with van der Waals surface area (Å²) in [6.45, 7) is 2.60. The molecule has 3 N–H and O–H groups in total. The second-order valence-corrected chi connectivity index (χ2v) is 4.82. The zero-order valence-corrected chi connectivity index (χ0v) is 12.8. The molecule has 0 bridgehead atoms. The zero-order valence-electron chi connectivity index (χ0n) is 12.0. The van der Waals surface area contributed by atoms with Crippen molar-refractivity contribution >= 4 is 28.8 Å². The summed E-state index contributed by atoms with van der Waals surface area (Å²) in [6.07, 6.45) is 0.896. The summed E-state index contributed by atoms with van der Waals surface area (Å²) < 4.78 is 10.7. The van der Waals surface area contributed by atoms with Gasteiger partial charge in [0.2, 0.25) is 5.88 Å². The van der Waals surface area contributed by atoms with Crippen LogP contribution in [0.1, 0.15) is 13.3 Å². The predicted molar refractivity (Wildman–Crippen MR) is 85.7 cm³/mol. The van der Waals surface area contributed by atoms with Crippen molar-refractivity contribution in [1.29, 1.82) is 0 Å². The maximum atomic E-state index is 6.00. The van der Waals surface area contributed by atoms with Gasteiger partial charge in [-0.25, -0.2) is 0 Å². The van der Waals surface area contributed by atoms with Gasteiger partial charge in [0.1, 0.15) is 11.6 Å². The average Bonchev–Trinajstić information content (AvgIpc) is 2.49. The molecule has 0 saturated heterocycles. The lowest BCUT2D eigenvalue weighted by Crippen LogP contribution is -2.03. The van der Waals surface area contributed by atoms with E-state index < -0.39 is 0 Å². The molecular formula is C15H18ClN3O2. The van der Waals surface area contributed by atoms with E-state index in [0.717, 1.165) is 12.1 Å². The number of anilines is 3. The number of nitrogen functional groups attached to an aromatic ring is 1. The smallest absolute Gasteiger partial charge is 0.239 e. The molecule has 0 aliphatic heterocycles. The van der Waals surface area contributed by atoms with Gasteiger partial charge in [-0.2, -0.15) is 4.98 Å². The van der Waals surface area contributed by atoms with E-state index in [2.05, 4.69) is 10.3 Å². The monoisotopic (exact) mass is 307 g/mol. The fourth-order valence-corrected chi connectivity index (χ4v) is 1.92. The first-order valence-corrected chi connectivity index (χ1v) is 7.01. The number of halogens is 1. The van der Waals surface area contributed by atoms with Crippen molar-refractivity contribution in [2.75, 3.05) is 24.8 Å². The molecular weight excluding hydrogens is 290 g/mol. The second-order valence-electron chi connectivity index (χ2n) is 4.41. The lowest BCUT2D eigenvalue weighted by molar-refractivity contribution is 0.307. The fourth-order valence-electron chi connectivity index (χ4n) is 1.72. The Bertz CT molecular complexity index is 620. The molecule has 0 atom stereocenters. The molecule has 1 aromatic carbocycles. The van der Waals surface area contributed by atoms with Gasteiger partial charge in [-0.3, -0.25) is 0 Å². The molecule has 0 aliphatic carbocycles. The Hall–Kier alpha value is -2.14. The van der Waals surface area contributed by atoms with Crippen LogP contribution < -0.4 is 20.5 Å². The van der Waals surface area contributed by atoms with Crippen LogP contribution in [0.4, 0.5) is 17.2 Å². The van der Waals surface area contributed by atoms with Crippen LogP contribution in [0.5, 0.6) is 11.6 Å². The van der Waals surface area contributed by atoms with Gasteiger partial charge in [0.25, 0.3) is 0 Å². The molecule has 2 rings (SSSR count). The van der Waals surface area contributed by atoms with E-state index >= 15 is 0 Å². The predicted octanol–water partition coefficient (Wildman–Crippen LogP) is 3.86. The largest absolute Gasteiger partial charge is 0.495 e. The van der Waals surface area contributed by atoms with E-state index in [9.17, 15) is 0 Å². The third-order valence-corrected chi connectivity index (χ3v) is 3.07. The third kappa shape index (κ3) is 3.92. The average molecular weight is 308 g/mol. The summed E-state index contributed by atoms with van der Waals surface area (Å²) in [5, 5.41) is 3.72. The van der Waals surface area contributed by atoms with E-state index in [1.165, 1.54) is 0 Å². The number of rotatable bonds is 6. The minimum Gasteiger partial charge on any atom is -0.495 e. The normalized spacial score (nSPS) is 10.2. The molecule has 1 aromatic heterocycles. The van der Waals surface area contributed by atoms with Gasteiger partial charge in [0.15, 0.2) is 0 Å². The van der Waals surface area contributed by atoms with Crippen LogP contribution in [0.2, 0.25) is 5.02 Å². The quantitative estimate of drug-likeness (QED) is 0.848. The number of hydrogen-bond donors (Lipinski definition) is 2. The van der Waals surface area contributed by atoms with Gasteiger partial charge in [-0.1, -0.05) is 18.5 Å². The van der Waals surface area contributed by atoms with Gasteiger partial charge in [0, 0.05) is 11.8 Å². The van der Waals surface area contributed by atoms with Crippen LogP contribution in [-0.2, 0) is 0 Å². The minimum absolute atomic E-state index is 0.433. The molecule has 0 spiro atoms. The number of nitrogens with one attached hydrogen (secondary N) is 1. The topological polar surface area (TPSA) is 69.4 Å². The molecule has 0 unspecified atom stereocenters. The number of nitrogens with zero attached hydrogens (tertiary/aromatic N) is 1. The molecule has 5 nitrogen and oxygen atoms in total. The van der Waals surface area contributed by atoms with Crippen molar-refractivity contribution in [1.82, 2.24) is 4.98 Å². The number of ether oxygens (including phenoxy) is 2. The maximum absolute atomic E-state index is 6.00. The molecule has 0 radical (unpaired) electrons. The van der Waals surface area contributed by atoms with Gasteiger partial charge in [0.05, 0.1) is 24.4 Å². The highest BCUT2D eigenvalue weighted by molar-refractivity contribution is 6.32. The number of hydrogen-bond acceptors (Lipinski definition) is 5. The van der Waals surface area contributed by atoms with Crippen molar-refractivity contribution in [2.24, 2.45) is 0 Å². The second kappa shape index (κ2) is 7.04. The summed E-state index contributed by atoms with van der Waals surface area (Å²) in [4.78, 5) is 4.35.